The minimum Gasteiger partial charge on any atom is -0.105 e. The van der Waals surface area contributed by atoms with Gasteiger partial charge in [-0.25, -0.2) is 0 Å². The third kappa shape index (κ3) is 3.36. The number of rotatable bonds is 5. The summed E-state index contributed by atoms with van der Waals surface area (Å²) < 4.78 is 3.97. The molecule has 0 radical (unpaired) electrons. The van der Waals surface area contributed by atoms with Gasteiger partial charge in [-0.2, -0.15) is 0 Å². The van der Waals surface area contributed by atoms with Crippen LogP contribution in [0.25, 0.3) is 0 Å². The number of hydrogen-bond donors (Lipinski definition) is 0. The Balaban J connectivity index is 4.27. The molecule has 0 saturated carbocycles. The molecule has 1 nitrogen and oxygen atoms in total. The Kier molecular flexibility index (Phi) is 5.07. The van der Waals surface area contributed by atoms with Gasteiger partial charge in [-0.1, -0.05) is 26.5 Å². The van der Waals surface area contributed by atoms with E-state index in [4.69, 9.17) is 0 Å². The largest absolute Gasteiger partial charge is 0.306 e. The Morgan fingerprint density at radius 1 is 1.50 bits per heavy atom. The van der Waals surface area contributed by atoms with Gasteiger partial charge >= 0.3 is 5.71 Å². The SMILES string of the molecule is C=CCCC(=[N+]=C)C(=C)C(C)C. The maximum Gasteiger partial charge on any atom is 0.306 e. The molecule has 1 heteroatoms. The van der Waals surface area contributed by atoms with Gasteiger partial charge < -0.3 is 0 Å². The van der Waals surface area contributed by atoms with Crippen molar-refractivity contribution >= 4 is 12.4 Å². The summed E-state index contributed by atoms with van der Waals surface area (Å²) in [5.41, 5.74) is 2.11. The second kappa shape index (κ2) is 5.56. The van der Waals surface area contributed by atoms with Crippen molar-refractivity contribution < 1.29 is 0 Å². The molecule has 0 aromatic heterocycles. The second-order valence-corrected chi connectivity index (χ2v) is 3.11. The zero-order valence-corrected chi connectivity index (χ0v) is 8.14. The molecular weight excluding hydrogens is 146 g/mol. The molecule has 0 spiro atoms. The van der Waals surface area contributed by atoms with E-state index in [2.05, 4.69) is 38.4 Å². The lowest BCUT2D eigenvalue weighted by atomic mass is 9.97. The second-order valence-electron chi connectivity index (χ2n) is 3.11. The van der Waals surface area contributed by atoms with Gasteiger partial charge in [-0.3, -0.25) is 0 Å². The maximum atomic E-state index is 3.97. The van der Waals surface area contributed by atoms with E-state index < -0.39 is 0 Å². The fourth-order valence-electron chi connectivity index (χ4n) is 0.913. The number of allylic oxidation sites excluding steroid dienone is 2. The van der Waals surface area contributed by atoms with Crippen LogP contribution in [0.3, 0.4) is 0 Å². The summed E-state index contributed by atoms with van der Waals surface area (Å²) >= 11 is 0. The Morgan fingerprint density at radius 3 is 2.42 bits per heavy atom. The summed E-state index contributed by atoms with van der Waals surface area (Å²) in [6, 6.07) is 0. The molecule has 0 saturated heterocycles. The first-order chi connectivity index (χ1) is 5.63. The first-order valence-corrected chi connectivity index (χ1v) is 4.26. The van der Waals surface area contributed by atoms with E-state index >= 15 is 0 Å². The third-order valence-corrected chi connectivity index (χ3v) is 1.84. The van der Waals surface area contributed by atoms with Crippen LogP contribution in [0.15, 0.2) is 24.8 Å². The minimum absolute atomic E-state index is 0.454. The lowest BCUT2D eigenvalue weighted by Gasteiger charge is -2.02. The molecule has 66 valence electrons. The molecule has 0 aliphatic rings. The van der Waals surface area contributed by atoms with Gasteiger partial charge in [-0.05, 0) is 12.3 Å². The molecule has 0 amide bonds. The van der Waals surface area contributed by atoms with E-state index in [-0.39, 0.29) is 0 Å². The Morgan fingerprint density at radius 2 is 2.08 bits per heavy atom. The van der Waals surface area contributed by atoms with E-state index in [1.165, 1.54) is 0 Å². The standard InChI is InChI=1S/C11H18N/c1-6-7-8-11(12-5)10(4)9(2)3/h6,9H,1,4-5,7-8H2,2-3H3/q+1. The van der Waals surface area contributed by atoms with Crippen molar-refractivity contribution in [1.82, 2.24) is 4.67 Å². The molecule has 0 N–H and O–H groups in total. The topological polar surface area (TPSA) is 14.1 Å². The van der Waals surface area contributed by atoms with Crippen molar-refractivity contribution in [2.45, 2.75) is 26.7 Å². The molecule has 0 fully saturated rings. The van der Waals surface area contributed by atoms with Crippen molar-refractivity contribution in [2.24, 2.45) is 5.92 Å². The first-order valence-electron chi connectivity index (χ1n) is 4.26. The van der Waals surface area contributed by atoms with Gasteiger partial charge in [-0.15, -0.1) is 11.2 Å². The third-order valence-electron chi connectivity index (χ3n) is 1.84. The Labute approximate surface area is 75.3 Å². The number of nitrogens with zero attached hydrogens (tertiary/aromatic N) is 1. The molecule has 0 aliphatic carbocycles. The van der Waals surface area contributed by atoms with E-state index in [1.54, 1.807) is 0 Å². The molecule has 0 heterocycles. The van der Waals surface area contributed by atoms with Crippen LogP contribution in [0.5, 0.6) is 0 Å². The van der Waals surface area contributed by atoms with Crippen molar-refractivity contribution in [3.8, 4) is 0 Å². The molecule has 0 atom stereocenters. The van der Waals surface area contributed by atoms with Crippen LogP contribution in [-0.4, -0.2) is 12.4 Å². The predicted octanol–water partition coefficient (Wildman–Crippen LogP) is 2.37. The zero-order chi connectivity index (χ0) is 9.56. The van der Waals surface area contributed by atoms with Gasteiger partial charge in [0.1, 0.15) is 0 Å². The van der Waals surface area contributed by atoms with Crippen molar-refractivity contribution in [3.05, 3.63) is 24.8 Å². The molecule has 0 rings (SSSR count). The molecule has 12 heavy (non-hydrogen) atoms. The highest BCUT2D eigenvalue weighted by Gasteiger charge is 2.15. The highest BCUT2D eigenvalue weighted by Crippen LogP contribution is 2.10. The van der Waals surface area contributed by atoms with Gasteiger partial charge in [0.05, 0.1) is 6.42 Å². The minimum atomic E-state index is 0.454. The molecule has 0 aromatic rings. The van der Waals surface area contributed by atoms with Crippen molar-refractivity contribution in [3.63, 3.8) is 0 Å². The molecule has 0 unspecified atom stereocenters. The van der Waals surface area contributed by atoms with Crippen molar-refractivity contribution in [2.75, 3.05) is 0 Å². The van der Waals surface area contributed by atoms with Gasteiger partial charge in [0, 0.05) is 5.57 Å². The maximum absolute atomic E-state index is 3.97. The van der Waals surface area contributed by atoms with Gasteiger partial charge in [0.25, 0.3) is 6.72 Å². The highest BCUT2D eigenvalue weighted by atomic mass is 14.5. The summed E-state index contributed by atoms with van der Waals surface area (Å²) in [5, 5.41) is 0. The monoisotopic (exact) mass is 164 g/mol. The average Bonchev–Trinajstić information content (AvgIpc) is 2.05. The van der Waals surface area contributed by atoms with Crippen molar-refractivity contribution in [1.29, 1.82) is 0 Å². The molecule has 0 aromatic carbocycles. The van der Waals surface area contributed by atoms with E-state index in [0.29, 0.717) is 5.92 Å². The van der Waals surface area contributed by atoms with E-state index in [0.717, 1.165) is 24.1 Å². The molecule has 0 bridgehead atoms. The summed E-state index contributed by atoms with van der Waals surface area (Å²) in [7, 11) is 0. The van der Waals surface area contributed by atoms with Crippen LogP contribution in [0.1, 0.15) is 26.7 Å². The van der Waals surface area contributed by atoms with Crippen LogP contribution in [-0.2, 0) is 0 Å². The van der Waals surface area contributed by atoms with Gasteiger partial charge in [0.2, 0.25) is 0 Å². The average molecular weight is 164 g/mol. The van der Waals surface area contributed by atoms with Crippen LogP contribution < -0.4 is 4.67 Å². The zero-order valence-electron chi connectivity index (χ0n) is 8.14. The lowest BCUT2D eigenvalue weighted by Crippen LogP contribution is -2.09. The first kappa shape index (κ1) is 10.9. The normalized spacial score (nSPS) is 9.25. The number of hydrogen-bond acceptors (Lipinski definition) is 0. The van der Waals surface area contributed by atoms with Crippen LogP contribution in [0.4, 0.5) is 0 Å². The summed E-state index contributed by atoms with van der Waals surface area (Å²) in [5.74, 6) is 0.454. The quantitative estimate of drug-likeness (QED) is 0.336. The lowest BCUT2D eigenvalue weighted by molar-refractivity contribution is 0.799. The van der Waals surface area contributed by atoms with Gasteiger partial charge in [0.15, 0.2) is 0 Å². The fraction of sp³-hybridized carbons (Fsp3) is 0.455. The summed E-state index contributed by atoms with van der Waals surface area (Å²) in [6.07, 6.45) is 3.74. The Bertz CT molecular complexity index is 217. The smallest absolute Gasteiger partial charge is 0.105 e. The van der Waals surface area contributed by atoms with Crippen LogP contribution in [0, 0.1) is 5.92 Å². The van der Waals surface area contributed by atoms with E-state index in [1.807, 2.05) is 6.08 Å². The Hall–Kier alpha value is -1.07. The molecule has 0 aliphatic heterocycles. The summed E-state index contributed by atoms with van der Waals surface area (Å²) in [4.78, 5) is 0. The summed E-state index contributed by atoms with van der Waals surface area (Å²) in [6.45, 7) is 15.4. The fourth-order valence-corrected chi connectivity index (χ4v) is 0.913. The van der Waals surface area contributed by atoms with E-state index in [9.17, 15) is 0 Å². The predicted molar refractivity (Wildman–Crippen MR) is 57.7 cm³/mol. The van der Waals surface area contributed by atoms with Crippen LogP contribution >= 0.6 is 0 Å². The highest BCUT2D eigenvalue weighted by molar-refractivity contribution is 5.99. The van der Waals surface area contributed by atoms with Crippen LogP contribution in [0.2, 0.25) is 0 Å². The molecular formula is C11H18N+.